The van der Waals surface area contributed by atoms with Crippen molar-refractivity contribution < 1.29 is 9.47 Å². The van der Waals surface area contributed by atoms with Gasteiger partial charge in [-0.1, -0.05) is 0 Å². The molecule has 0 amide bonds. The van der Waals surface area contributed by atoms with Crippen LogP contribution in [-0.2, 0) is 0 Å². The third-order valence-corrected chi connectivity index (χ3v) is 2.41. The minimum atomic E-state index is 0.518. The summed E-state index contributed by atoms with van der Waals surface area (Å²) in [5.41, 5.74) is 7.73. The Morgan fingerprint density at radius 2 is 1.87 bits per heavy atom. The first-order valence-electron chi connectivity index (χ1n) is 4.85. The number of benzene rings is 1. The van der Waals surface area contributed by atoms with Gasteiger partial charge in [-0.2, -0.15) is 0 Å². The summed E-state index contributed by atoms with van der Waals surface area (Å²) < 4.78 is 10.9. The molecule has 4 heteroatoms. The maximum atomic E-state index is 5.78. The van der Waals surface area contributed by atoms with E-state index in [1.807, 2.05) is 19.1 Å². The number of ether oxygens (including phenoxy) is 2. The molecule has 0 radical (unpaired) electrons. The molecule has 0 saturated carbocycles. The SMILES string of the molecule is CN=C(N)c1cc2c(cc1C)OCCO2. The van der Waals surface area contributed by atoms with Crippen LogP contribution >= 0.6 is 0 Å². The van der Waals surface area contributed by atoms with E-state index in [0.717, 1.165) is 22.6 Å². The normalized spacial score (nSPS) is 15.2. The van der Waals surface area contributed by atoms with Crippen molar-refractivity contribution in [3.8, 4) is 11.5 Å². The van der Waals surface area contributed by atoms with E-state index in [1.54, 1.807) is 7.05 Å². The number of aryl methyl sites for hydroxylation is 1. The lowest BCUT2D eigenvalue weighted by molar-refractivity contribution is 0.171. The van der Waals surface area contributed by atoms with Gasteiger partial charge >= 0.3 is 0 Å². The Bertz CT molecular complexity index is 413. The summed E-state index contributed by atoms with van der Waals surface area (Å²) in [5.74, 6) is 2.05. The third-order valence-electron chi connectivity index (χ3n) is 2.41. The average Bonchev–Trinajstić information content (AvgIpc) is 2.27. The second-order valence-corrected chi connectivity index (χ2v) is 3.42. The Morgan fingerprint density at radius 3 is 2.47 bits per heavy atom. The first-order valence-corrected chi connectivity index (χ1v) is 4.85. The zero-order valence-electron chi connectivity index (χ0n) is 8.91. The highest BCUT2D eigenvalue weighted by atomic mass is 16.6. The van der Waals surface area contributed by atoms with Gasteiger partial charge in [0.15, 0.2) is 11.5 Å². The standard InChI is InChI=1S/C11H14N2O2/c1-7-5-9-10(15-4-3-14-9)6-8(7)11(12)13-2/h5-6H,3-4H2,1-2H3,(H2,12,13). The Hall–Kier alpha value is -1.71. The largest absolute Gasteiger partial charge is 0.486 e. The smallest absolute Gasteiger partial charge is 0.162 e. The van der Waals surface area contributed by atoms with Crippen LogP contribution < -0.4 is 15.2 Å². The van der Waals surface area contributed by atoms with Gasteiger partial charge < -0.3 is 15.2 Å². The molecule has 1 aliphatic heterocycles. The van der Waals surface area contributed by atoms with Crippen LogP contribution in [0.4, 0.5) is 0 Å². The van der Waals surface area contributed by atoms with Gasteiger partial charge in [0.1, 0.15) is 19.0 Å². The van der Waals surface area contributed by atoms with E-state index in [9.17, 15) is 0 Å². The molecule has 2 rings (SSSR count). The molecule has 0 spiro atoms. The van der Waals surface area contributed by atoms with Crippen molar-refractivity contribution in [1.29, 1.82) is 0 Å². The second-order valence-electron chi connectivity index (χ2n) is 3.42. The molecule has 1 aromatic rings. The summed E-state index contributed by atoms with van der Waals surface area (Å²) in [4.78, 5) is 3.97. The molecule has 1 aromatic carbocycles. The molecule has 1 heterocycles. The highest BCUT2D eigenvalue weighted by molar-refractivity contribution is 5.99. The second kappa shape index (κ2) is 3.81. The van der Waals surface area contributed by atoms with Crippen LogP contribution in [0.15, 0.2) is 17.1 Å². The molecule has 0 atom stereocenters. The lowest BCUT2D eigenvalue weighted by Crippen LogP contribution is -2.19. The van der Waals surface area contributed by atoms with E-state index >= 15 is 0 Å². The predicted molar refractivity (Wildman–Crippen MR) is 58.8 cm³/mol. The molecule has 0 unspecified atom stereocenters. The first kappa shape index (κ1) is 9.83. The van der Waals surface area contributed by atoms with E-state index in [2.05, 4.69) is 4.99 Å². The molecule has 0 aliphatic carbocycles. The van der Waals surface area contributed by atoms with Crippen molar-refractivity contribution in [2.24, 2.45) is 10.7 Å². The zero-order valence-corrected chi connectivity index (χ0v) is 8.91. The molecule has 0 fully saturated rings. The quantitative estimate of drug-likeness (QED) is 0.553. The zero-order chi connectivity index (χ0) is 10.8. The Morgan fingerprint density at radius 1 is 1.27 bits per heavy atom. The molecule has 0 aromatic heterocycles. The summed E-state index contributed by atoms with van der Waals surface area (Å²) in [6, 6.07) is 3.81. The Balaban J connectivity index is 2.49. The first-order chi connectivity index (χ1) is 7.22. The van der Waals surface area contributed by atoms with Crippen molar-refractivity contribution in [3.63, 3.8) is 0 Å². The fraction of sp³-hybridized carbons (Fsp3) is 0.364. The van der Waals surface area contributed by atoms with Crippen LogP contribution in [0, 0.1) is 6.92 Å². The lowest BCUT2D eigenvalue weighted by Gasteiger charge is -2.20. The van der Waals surface area contributed by atoms with Gasteiger partial charge in [-0.05, 0) is 24.6 Å². The number of nitrogens with two attached hydrogens (primary N) is 1. The van der Waals surface area contributed by atoms with Gasteiger partial charge in [0, 0.05) is 12.6 Å². The molecule has 0 bridgehead atoms. The molecule has 4 nitrogen and oxygen atoms in total. The minimum absolute atomic E-state index is 0.518. The van der Waals surface area contributed by atoms with E-state index in [0.29, 0.717) is 19.0 Å². The monoisotopic (exact) mass is 206 g/mol. The maximum Gasteiger partial charge on any atom is 0.162 e. The topological polar surface area (TPSA) is 56.8 Å². The van der Waals surface area contributed by atoms with Gasteiger partial charge in [-0.15, -0.1) is 0 Å². The molecule has 0 saturated heterocycles. The van der Waals surface area contributed by atoms with Crippen LogP contribution in [0.25, 0.3) is 0 Å². The molecular weight excluding hydrogens is 192 g/mol. The van der Waals surface area contributed by atoms with Crippen LogP contribution in [0.3, 0.4) is 0 Å². The van der Waals surface area contributed by atoms with Crippen molar-refractivity contribution >= 4 is 5.84 Å². The van der Waals surface area contributed by atoms with Gasteiger partial charge in [0.05, 0.1) is 0 Å². The van der Waals surface area contributed by atoms with Gasteiger partial charge in [0.25, 0.3) is 0 Å². The lowest BCUT2D eigenvalue weighted by atomic mass is 10.1. The number of hydrogen-bond acceptors (Lipinski definition) is 3. The number of fused-ring (bicyclic) bond motifs is 1. The number of aliphatic imine (C=N–C) groups is 1. The van der Waals surface area contributed by atoms with Crippen LogP contribution in [-0.4, -0.2) is 26.1 Å². The fourth-order valence-electron chi connectivity index (χ4n) is 1.59. The Labute approximate surface area is 88.7 Å². The highest BCUT2D eigenvalue weighted by Gasteiger charge is 2.15. The molecule has 80 valence electrons. The number of rotatable bonds is 1. The molecule has 15 heavy (non-hydrogen) atoms. The van der Waals surface area contributed by atoms with E-state index in [1.165, 1.54) is 0 Å². The van der Waals surface area contributed by atoms with E-state index < -0.39 is 0 Å². The summed E-state index contributed by atoms with van der Waals surface area (Å²) in [6.07, 6.45) is 0. The van der Waals surface area contributed by atoms with Crippen LogP contribution in [0.5, 0.6) is 11.5 Å². The predicted octanol–water partition coefficient (Wildman–Crippen LogP) is 1.10. The number of nitrogens with zero attached hydrogens (tertiary/aromatic N) is 1. The summed E-state index contributed by atoms with van der Waals surface area (Å²) in [6.45, 7) is 3.16. The summed E-state index contributed by atoms with van der Waals surface area (Å²) >= 11 is 0. The van der Waals surface area contributed by atoms with Crippen molar-refractivity contribution in [1.82, 2.24) is 0 Å². The average molecular weight is 206 g/mol. The van der Waals surface area contributed by atoms with Crippen molar-refractivity contribution in [2.45, 2.75) is 6.92 Å². The van der Waals surface area contributed by atoms with Crippen molar-refractivity contribution in [3.05, 3.63) is 23.3 Å². The van der Waals surface area contributed by atoms with E-state index in [4.69, 9.17) is 15.2 Å². The van der Waals surface area contributed by atoms with Crippen LogP contribution in [0.1, 0.15) is 11.1 Å². The third kappa shape index (κ3) is 1.75. The number of hydrogen-bond donors (Lipinski definition) is 1. The van der Waals surface area contributed by atoms with Gasteiger partial charge in [-0.25, -0.2) is 0 Å². The minimum Gasteiger partial charge on any atom is -0.486 e. The fourth-order valence-corrected chi connectivity index (χ4v) is 1.59. The maximum absolute atomic E-state index is 5.78. The highest BCUT2D eigenvalue weighted by Crippen LogP contribution is 2.32. The summed E-state index contributed by atoms with van der Waals surface area (Å²) in [5, 5.41) is 0. The summed E-state index contributed by atoms with van der Waals surface area (Å²) in [7, 11) is 1.67. The van der Waals surface area contributed by atoms with Crippen molar-refractivity contribution in [2.75, 3.05) is 20.3 Å². The van der Waals surface area contributed by atoms with Gasteiger partial charge in [-0.3, -0.25) is 4.99 Å². The number of amidine groups is 1. The Kier molecular flexibility index (Phi) is 2.49. The van der Waals surface area contributed by atoms with Crippen LogP contribution in [0.2, 0.25) is 0 Å². The molecular formula is C11H14N2O2. The molecule has 1 aliphatic rings. The van der Waals surface area contributed by atoms with Gasteiger partial charge in [0.2, 0.25) is 0 Å². The van der Waals surface area contributed by atoms with E-state index in [-0.39, 0.29) is 0 Å². The molecule has 2 N–H and O–H groups in total.